The van der Waals surface area contributed by atoms with E-state index in [9.17, 15) is 22.8 Å². The van der Waals surface area contributed by atoms with Gasteiger partial charge in [-0.3, -0.25) is 19.7 Å². The molecule has 0 aliphatic heterocycles. The van der Waals surface area contributed by atoms with Gasteiger partial charge in [0.25, 0.3) is 5.91 Å². The van der Waals surface area contributed by atoms with Crippen molar-refractivity contribution in [2.24, 2.45) is 0 Å². The minimum Gasteiger partial charge on any atom is -0.481 e. The number of aromatic nitrogens is 1. The molecule has 4 rings (SSSR count). The van der Waals surface area contributed by atoms with Crippen LogP contribution in [0.5, 0.6) is 5.75 Å². The molecule has 3 aromatic rings. The lowest BCUT2D eigenvalue weighted by Crippen LogP contribution is -2.26. The lowest BCUT2D eigenvalue weighted by Gasteiger charge is -2.19. The molecular weight excluding hydrogens is 563 g/mol. The van der Waals surface area contributed by atoms with E-state index in [4.69, 9.17) is 33.0 Å². The summed E-state index contributed by atoms with van der Waals surface area (Å²) in [6.45, 7) is 0. The number of aliphatic carboxylic acids is 1. The first-order chi connectivity index (χ1) is 17.5. The van der Waals surface area contributed by atoms with Gasteiger partial charge in [0.2, 0.25) is 6.10 Å². The maximum Gasteiger partial charge on any atom is 0.309 e. The Morgan fingerprint density at radius 1 is 1.14 bits per heavy atom. The van der Waals surface area contributed by atoms with Crippen molar-refractivity contribution in [1.29, 1.82) is 0 Å². The number of hydrogen-bond acceptors (Lipinski definition) is 8. The molecule has 0 spiro atoms. The fraction of sp³-hybridized carbons (Fsp3) is 0.250. The third kappa shape index (κ3) is 6.48. The van der Waals surface area contributed by atoms with E-state index in [1.807, 2.05) is 0 Å². The molecule has 1 aromatic heterocycles. The van der Waals surface area contributed by atoms with Crippen LogP contribution in [0.25, 0.3) is 0 Å². The fourth-order valence-electron chi connectivity index (χ4n) is 3.80. The van der Waals surface area contributed by atoms with E-state index in [0.29, 0.717) is 16.3 Å². The predicted octanol–water partition coefficient (Wildman–Crippen LogP) is 4.73. The largest absolute Gasteiger partial charge is 0.481 e. The molecule has 1 aliphatic rings. The SMILES string of the molecule is O=C(O)Cc1nc(NC(=O)C(Oc2ccc(Cl)cc2)c2ccc(S(=O)(=O)C3CCC(=O)C3)cc2)sc1Cl. The number of carbonyl (C=O) groups is 3. The highest BCUT2D eigenvalue weighted by atomic mass is 35.5. The number of amides is 1. The number of thiazole rings is 1. The summed E-state index contributed by atoms with van der Waals surface area (Å²) in [5.74, 6) is -1.51. The molecule has 13 heteroatoms. The zero-order valence-electron chi connectivity index (χ0n) is 19.0. The Kier molecular flexibility index (Phi) is 8.17. The van der Waals surface area contributed by atoms with Crippen molar-refractivity contribution in [2.75, 3.05) is 5.32 Å². The molecule has 0 bridgehead atoms. The smallest absolute Gasteiger partial charge is 0.309 e. The van der Waals surface area contributed by atoms with E-state index in [1.165, 1.54) is 24.3 Å². The number of ketones is 1. The summed E-state index contributed by atoms with van der Waals surface area (Å²) < 4.78 is 31.9. The van der Waals surface area contributed by atoms with E-state index in [0.717, 1.165) is 11.3 Å². The predicted molar refractivity (Wildman–Crippen MR) is 138 cm³/mol. The first-order valence-electron chi connectivity index (χ1n) is 11.0. The molecule has 2 aromatic carbocycles. The summed E-state index contributed by atoms with van der Waals surface area (Å²) in [6, 6.07) is 12.0. The summed E-state index contributed by atoms with van der Waals surface area (Å²) in [4.78, 5) is 40.0. The van der Waals surface area contributed by atoms with Crippen molar-refractivity contribution in [3.63, 3.8) is 0 Å². The first-order valence-corrected chi connectivity index (χ1v) is 14.1. The van der Waals surface area contributed by atoms with Gasteiger partial charge < -0.3 is 9.84 Å². The number of sulfone groups is 1. The van der Waals surface area contributed by atoms with Crippen LogP contribution in [-0.2, 0) is 30.6 Å². The molecular formula is C24H20Cl2N2O7S2. The maximum atomic E-state index is 13.2. The number of benzene rings is 2. The number of hydrogen-bond donors (Lipinski definition) is 2. The van der Waals surface area contributed by atoms with Crippen molar-refractivity contribution in [3.8, 4) is 5.75 Å². The number of Topliss-reactive ketones (excluding diaryl/α,β-unsaturated/α-hetero) is 1. The Balaban J connectivity index is 1.60. The summed E-state index contributed by atoms with van der Waals surface area (Å²) >= 11 is 12.9. The minimum atomic E-state index is -3.71. The van der Waals surface area contributed by atoms with Gasteiger partial charge in [-0.25, -0.2) is 13.4 Å². The van der Waals surface area contributed by atoms with Crippen molar-refractivity contribution in [1.82, 2.24) is 4.98 Å². The second kappa shape index (κ2) is 11.2. The van der Waals surface area contributed by atoms with E-state index < -0.39 is 39.5 Å². The van der Waals surface area contributed by atoms with Crippen molar-refractivity contribution >= 4 is 67.2 Å². The molecule has 0 saturated heterocycles. The van der Waals surface area contributed by atoms with Gasteiger partial charge in [-0.1, -0.05) is 46.7 Å². The summed E-state index contributed by atoms with van der Waals surface area (Å²) in [6.07, 6.45) is -1.10. The number of nitrogens with zero attached hydrogens (tertiary/aromatic N) is 1. The lowest BCUT2D eigenvalue weighted by molar-refractivity contribution is -0.136. The molecule has 1 aliphatic carbocycles. The van der Waals surface area contributed by atoms with Gasteiger partial charge in [0, 0.05) is 23.4 Å². The van der Waals surface area contributed by atoms with Gasteiger partial charge in [-0.15, -0.1) is 0 Å². The molecule has 1 heterocycles. The second-order valence-electron chi connectivity index (χ2n) is 8.27. The number of carboxylic acids is 1. The minimum absolute atomic E-state index is 0.00493. The Morgan fingerprint density at radius 3 is 2.41 bits per heavy atom. The molecule has 2 atom stereocenters. The Hall–Kier alpha value is -2.99. The average molecular weight is 583 g/mol. The maximum absolute atomic E-state index is 13.2. The van der Waals surface area contributed by atoms with Gasteiger partial charge in [0.05, 0.1) is 22.3 Å². The number of rotatable bonds is 9. The van der Waals surface area contributed by atoms with Gasteiger partial charge in [-0.05, 0) is 42.8 Å². The number of carbonyl (C=O) groups excluding carboxylic acids is 2. The standard InChI is InChI=1S/C24H20Cl2N2O7S2/c25-14-3-6-16(7-4-14)35-21(23(32)28-24-27-19(12-20(30)31)22(26)36-24)13-1-8-17(9-2-13)37(33,34)18-10-5-15(29)11-18/h1-4,6-9,18,21H,5,10-12H2,(H,30,31)(H,27,28,32). The molecule has 1 saturated carbocycles. The molecule has 0 radical (unpaired) electrons. The number of anilines is 1. The Labute approximate surface area is 226 Å². The zero-order valence-corrected chi connectivity index (χ0v) is 22.2. The lowest BCUT2D eigenvalue weighted by atomic mass is 10.1. The summed E-state index contributed by atoms with van der Waals surface area (Å²) in [5.41, 5.74) is 0.465. The normalized spacial score (nSPS) is 16.4. The van der Waals surface area contributed by atoms with Crippen LogP contribution in [0.4, 0.5) is 5.13 Å². The summed E-state index contributed by atoms with van der Waals surface area (Å²) in [5, 5.41) is 11.4. The molecule has 194 valence electrons. The number of nitrogens with one attached hydrogen (secondary N) is 1. The van der Waals surface area contributed by atoms with Gasteiger partial charge in [0.1, 0.15) is 15.9 Å². The van der Waals surface area contributed by atoms with Crippen molar-refractivity contribution in [3.05, 3.63) is 69.1 Å². The second-order valence-corrected chi connectivity index (χ2v) is 12.5. The van der Waals surface area contributed by atoms with Crippen molar-refractivity contribution < 1.29 is 32.6 Å². The summed E-state index contributed by atoms with van der Waals surface area (Å²) in [7, 11) is -3.71. The number of ether oxygens (including phenoxy) is 1. The molecule has 9 nitrogen and oxygen atoms in total. The van der Waals surface area contributed by atoms with E-state index in [1.54, 1.807) is 24.3 Å². The van der Waals surface area contributed by atoms with Crippen LogP contribution < -0.4 is 10.1 Å². The van der Waals surface area contributed by atoms with Crippen LogP contribution in [0.1, 0.15) is 36.6 Å². The highest BCUT2D eigenvalue weighted by Gasteiger charge is 2.34. The Bertz CT molecular complexity index is 1440. The van der Waals surface area contributed by atoms with Crippen LogP contribution in [0.3, 0.4) is 0 Å². The third-order valence-corrected chi connectivity index (χ3v) is 9.37. The molecule has 37 heavy (non-hydrogen) atoms. The van der Waals surface area contributed by atoms with Crippen LogP contribution in [-0.4, -0.2) is 41.4 Å². The third-order valence-electron chi connectivity index (χ3n) is 5.65. The molecule has 2 unspecified atom stereocenters. The first kappa shape index (κ1) is 27.1. The number of halogens is 2. The van der Waals surface area contributed by atoms with Crippen LogP contribution in [0, 0.1) is 0 Å². The van der Waals surface area contributed by atoms with E-state index in [2.05, 4.69) is 10.3 Å². The van der Waals surface area contributed by atoms with Gasteiger partial charge in [-0.2, -0.15) is 0 Å². The van der Waals surface area contributed by atoms with E-state index >= 15 is 0 Å². The van der Waals surface area contributed by atoms with Gasteiger partial charge in [0.15, 0.2) is 15.0 Å². The van der Waals surface area contributed by atoms with E-state index in [-0.39, 0.29) is 45.1 Å². The van der Waals surface area contributed by atoms with Crippen molar-refractivity contribution in [2.45, 2.75) is 41.9 Å². The quantitative estimate of drug-likeness (QED) is 0.369. The zero-order chi connectivity index (χ0) is 26.7. The molecule has 1 fully saturated rings. The highest BCUT2D eigenvalue weighted by molar-refractivity contribution is 7.92. The van der Waals surface area contributed by atoms with Crippen LogP contribution >= 0.6 is 34.5 Å². The fourth-order valence-corrected chi connectivity index (χ4v) is 6.70. The van der Waals surface area contributed by atoms with Crippen LogP contribution in [0.2, 0.25) is 9.36 Å². The molecule has 1 amide bonds. The van der Waals surface area contributed by atoms with Gasteiger partial charge >= 0.3 is 5.97 Å². The van der Waals surface area contributed by atoms with Crippen LogP contribution in [0.15, 0.2) is 53.4 Å². The topological polar surface area (TPSA) is 140 Å². The molecule has 2 N–H and O–H groups in total. The number of carboxylic acid groups (broad SMARTS) is 1. The highest BCUT2D eigenvalue weighted by Crippen LogP contribution is 2.32. The Morgan fingerprint density at radius 2 is 1.81 bits per heavy atom. The monoisotopic (exact) mass is 582 g/mol. The average Bonchev–Trinajstić information content (AvgIpc) is 3.43.